The average molecular weight is 473 g/mol. The second-order valence-electron chi connectivity index (χ2n) is 8.53. The van der Waals surface area contributed by atoms with Crippen LogP contribution in [0.2, 0.25) is 0 Å². The third-order valence-electron chi connectivity index (χ3n) is 6.04. The fourth-order valence-corrected chi connectivity index (χ4v) is 5.18. The van der Waals surface area contributed by atoms with Gasteiger partial charge < -0.3 is 5.43 Å². The second-order valence-corrected chi connectivity index (χ2v) is 10.2. The van der Waals surface area contributed by atoms with Crippen LogP contribution in [0.5, 0.6) is 0 Å². The molecule has 1 aliphatic heterocycles. The fourth-order valence-electron chi connectivity index (χ4n) is 4.05. The van der Waals surface area contributed by atoms with Crippen molar-refractivity contribution < 1.29 is 4.21 Å². The van der Waals surface area contributed by atoms with E-state index in [0.717, 1.165) is 55.4 Å². The Bertz CT molecular complexity index is 1120. The molecule has 0 saturated carbocycles. The minimum Gasteiger partial charge on any atom is -0.304 e. The molecule has 0 aromatic heterocycles. The first kappa shape index (κ1) is 24.0. The van der Waals surface area contributed by atoms with Crippen molar-refractivity contribution >= 4 is 23.4 Å². The Kier molecular flexibility index (Phi) is 8.77. The molecule has 176 valence electrons. The monoisotopic (exact) mass is 472 g/mol. The molecule has 1 heterocycles. The predicted molar refractivity (Wildman–Crippen MR) is 144 cm³/mol. The number of aliphatic imine (C=N–C) groups is 1. The lowest BCUT2D eigenvalue weighted by atomic mass is 10.0. The van der Waals surface area contributed by atoms with Crippen molar-refractivity contribution in [1.82, 2.24) is 10.3 Å². The van der Waals surface area contributed by atoms with Crippen LogP contribution in [0.4, 0.5) is 0 Å². The van der Waals surface area contributed by atoms with E-state index in [2.05, 4.69) is 87.8 Å². The molecule has 0 amide bonds. The van der Waals surface area contributed by atoms with Gasteiger partial charge in [-0.1, -0.05) is 72.8 Å². The van der Waals surface area contributed by atoms with E-state index < -0.39 is 10.8 Å². The molecule has 0 aliphatic carbocycles. The molecule has 0 unspecified atom stereocenters. The van der Waals surface area contributed by atoms with Gasteiger partial charge in [0.1, 0.15) is 5.84 Å². The molecule has 3 aromatic carbocycles. The number of nitrogens with zero attached hydrogens (tertiary/aromatic N) is 3. The molecule has 1 saturated heterocycles. The zero-order valence-corrected chi connectivity index (χ0v) is 20.3. The lowest BCUT2D eigenvalue weighted by Gasteiger charge is -2.26. The molecule has 3 aromatic rings. The van der Waals surface area contributed by atoms with Crippen LogP contribution >= 0.6 is 0 Å². The van der Waals surface area contributed by atoms with Crippen LogP contribution < -0.4 is 5.43 Å². The fraction of sp³-hybridized carbons (Fsp3) is 0.286. The summed E-state index contributed by atoms with van der Waals surface area (Å²) < 4.78 is 11.6. The Morgan fingerprint density at radius 1 is 0.882 bits per heavy atom. The van der Waals surface area contributed by atoms with Crippen LogP contribution in [0.25, 0.3) is 11.1 Å². The summed E-state index contributed by atoms with van der Waals surface area (Å²) in [6.07, 6.45) is 1.65. The van der Waals surface area contributed by atoms with Gasteiger partial charge in [0.25, 0.3) is 0 Å². The van der Waals surface area contributed by atoms with Gasteiger partial charge in [-0.3, -0.25) is 9.11 Å². The SMILES string of the molecule is C=N/C(CCc1ccccc1)=N\NCc1ccc(-c2cccc(CN3CCS(=O)CC3)c2)cc1. The number of benzene rings is 3. The van der Waals surface area contributed by atoms with E-state index in [1.54, 1.807) is 0 Å². The quantitative estimate of drug-likeness (QED) is 0.280. The summed E-state index contributed by atoms with van der Waals surface area (Å²) in [6.45, 7) is 7.03. The number of amidine groups is 1. The van der Waals surface area contributed by atoms with Gasteiger partial charge in [-0.15, -0.1) is 0 Å². The zero-order valence-electron chi connectivity index (χ0n) is 19.5. The molecule has 0 bridgehead atoms. The summed E-state index contributed by atoms with van der Waals surface area (Å²) in [5.74, 6) is 2.30. The third kappa shape index (κ3) is 7.20. The Morgan fingerprint density at radius 2 is 1.62 bits per heavy atom. The maximum atomic E-state index is 11.6. The van der Waals surface area contributed by atoms with Gasteiger partial charge in [-0.2, -0.15) is 5.10 Å². The summed E-state index contributed by atoms with van der Waals surface area (Å²) in [5, 5.41) is 4.42. The first-order valence-corrected chi connectivity index (χ1v) is 13.2. The van der Waals surface area contributed by atoms with Crippen LogP contribution in [-0.4, -0.2) is 46.3 Å². The number of rotatable bonds is 9. The van der Waals surface area contributed by atoms with Gasteiger partial charge in [0, 0.05) is 48.4 Å². The number of aryl methyl sites for hydroxylation is 1. The van der Waals surface area contributed by atoms with E-state index in [9.17, 15) is 4.21 Å². The van der Waals surface area contributed by atoms with Gasteiger partial charge in [-0.25, -0.2) is 4.99 Å². The van der Waals surface area contributed by atoms with E-state index in [-0.39, 0.29) is 0 Å². The van der Waals surface area contributed by atoms with Crippen LogP contribution in [0.1, 0.15) is 23.1 Å². The summed E-state index contributed by atoms with van der Waals surface area (Å²) in [5.41, 5.74) is 9.28. The van der Waals surface area contributed by atoms with Gasteiger partial charge >= 0.3 is 0 Å². The maximum absolute atomic E-state index is 11.6. The van der Waals surface area contributed by atoms with Crippen molar-refractivity contribution in [1.29, 1.82) is 0 Å². The van der Waals surface area contributed by atoms with E-state index in [1.807, 2.05) is 18.2 Å². The van der Waals surface area contributed by atoms with Gasteiger partial charge in [0.05, 0.1) is 6.54 Å². The lowest BCUT2D eigenvalue weighted by Crippen LogP contribution is -2.37. The smallest absolute Gasteiger partial charge is 0.147 e. The maximum Gasteiger partial charge on any atom is 0.147 e. The van der Waals surface area contributed by atoms with E-state index in [4.69, 9.17) is 0 Å². The Balaban J connectivity index is 1.30. The Labute approximate surface area is 205 Å². The molecule has 5 nitrogen and oxygen atoms in total. The summed E-state index contributed by atoms with van der Waals surface area (Å²) in [4.78, 5) is 6.45. The number of hydrogen-bond donors (Lipinski definition) is 1. The normalized spacial score (nSPS) is 15.2. The van der Waals surface area contributed by atoms with E-state index in [1.165, 1.54) is 22.3 Å². The van der Waals surface area contributed by atoms with Crippen molar-refractivity contribution in [3.8, 4) is 11.1 Å². The van der Waals surface area contributed by atoms with Crippen LogP contribution in [0, 0.1) is 0 Å². The first-order chi connectivity index (χ1) is 16.7. The topological polar surface area (TPSA) is 57.1 Å². The molecule has 34 heavy (non-hydrogen) atoms. The molecule has 1 fully saturated rings. The molecule has 6 heteroatoms. The van der Waals surface area contributed by atoms with Gasteiger partial charge in [0.15, 0.2) is 0 Å². The standard InChI is InChI=1S/C28H32N4OS/c1-29-28(15-12-23-6-3-2-4-7-23)31-30-21-24-10-13-26(14-11-24)27-9-5-8-25(20-27)22-32-16-18-34(33)19-17-32/h2-11,13-14,20,30H,1,12,15-19,21-22H2/b31-28-. The molecule has 1 aliphatic rings. The number of hydrazone groups is 1. The van der Waals surface area contributed by atoms with Crippen molar-refractivity contribution in [2.75, 3.05) is 24.6 Å². The van der Waals surface area contributed by atoms with Crippen molar-refractivity contribution in [2.24, 2.45) is 10.1 Å². The summed E-state index contributed by atoms with van der Waals surface area (Å²) >= 11 is 0. The summed E-state index contributed by atoms with van der Waals surface area (Å²) in [7, 11) is -0.634. The molecule has 0 spiro atoms. The highest BCUT2D eigenvalue weighted by Crippen LogP contribution is 2.22. The number of nitrogens with one attached hydrogen (secondary N) is 1. The molecular formula is C28H32N4OS. The first-order valence-electron chi connectivity index (χ1n) is 11.8. The Hall–Kier alpha value is -3.09. The van der Waals surface area contributed by atoms with E-state index >= 15 is 0 Å². The van der Waals surface area contributed by atoms with Crippen LogP contribution in [0.15, 0.2) is 89.0 Å². The van der Waals surface area contributed by atoms with Crippen LogP contribution in [-0.2, 0) is 30.3 Å². The highest BCUT2D eigenvalue weighted by Gasteiger charge is 2.15. The molecule has 0 atom stereocenters. The lowest BCUT2D eigenvalue weighted by molar-refractivity contribution is 0.291. The van der Waals surface area contributed by atoms with Gasteiger partial charge in [0.2, 0.25) is 0 Å². The third-order valence-corrected chi connectivity index (χ3v) is 7.32. The molecule has 0 radical (unpaired) electrons. The average Bonchev–Trinajstić information content (AvgIpc) is 2.88. The summed E-state index contributed by atoms with van der Waals surface area (Å²) in [6, 6.07) is 27.6. The Morgan fingerprint density at radius 3 is 2.35 bits per heavy atom. The van der Waals surface area contributed by atoms with E-state index in [0.29, 0.717) is 6.54 Å². The minimum absolute atomic E-state index is 0.634. The minimum atomic E-state index is -0.634. The second kappa shape index (κ2) is 12.4. The van der Waals surface area contributed by atoms with Crippen LogP contribution in [0.3, 0.4) is 0 Å². The number of hydrogen-bond acceptors (Lipinski definition) is 4. The molecule has 4 rings (SSSR count). The van der Waals surface area contributed by atoms with Gasteiger partial charge in [-0.05, 0) is 47.0 Å². The highest BCUT2D eigenvalue weighted by atomic mass is 32.2. The zero-order chi connectivity index (χ0) is 23.6. The predicted octanol–water partition coefficient (Wildman–Crippen LogP) is 4.65. The van der Waals surface area contributed by atoms with Crippen molar-refractivity contribution in [2.45, 2.75) is 25.9 Å². The highest BCUT2D eigenvalue weighted by molar-refractivity contribution is 7.85. The molecule has 1 N–H and O–H groups in total. The molecular weight excluding hydrogens is 440 g/mol. The van der Waals surface area contributed by atoms with Crippen molar-refractivity contribution in [3.05, 3.63) is 95.6 Å². The largest absolute Gasteiger partial charge is 0.304 e. The van der Waals surface area contributed by atoms with Crippen molar-refractivity contribution in [3.63, 3.8) is 0 Å².